The SMILES string of the molecule is CCSc1cccc(CNCC(C)C)c1. The van der Waals surface area contributed by atoms with Gasteiger partial charge in [0.05, 0.1) is 0 Å². The minimum absolute atomic E-state index is 0.721. The molecule has 1 nitrogen and oxygen atoms in total. The van der Waals surface area contributed by atoms with Crippen molar-refractivity contribution >= 4 is 11.8 Å². The van der Waals surface area contributed by atoms with E-state index in [2.05, 4.69) is 50.4 Å². The fourth-order valence-electron chi connectivity index (χ4n) is 1.42. The molecule has 84 valence electrons. The van der Waals surface area contributed by atoms with Crippen LogP contribution in [0.5, 0.6) is 0 Å². The van der Waals surface area contributed by atoms with Crippen LogP contribution in [0.2, 0.25) is 0 Å². The van der Waals surface area contributed by atoms with Crippen molar-refractivity contribution in [3.05, 3.63) is 29.8 Å². The number of nitrogens with one attached hydrogen (secondary N) is 1. The summed E-state index contributed by atoms with van der Waals surface area (Å²) in [5, 5.41) is 3.46. The topological polar surface area (TPSA) is 12.0 Å². The largest absolute Gasteiger partial charge is 0.312 e. The van der Waals surface area contributed by atoms with Gasteiger partial charge in [-0.15, -0.1) is 11.8 Å². The highest BCUT2D eigenvalue weighted by Gasteiger charge is 1.97. The van der Waals surface area contributed by atoms with E-state index in [9.17, 15) is 0 Å². The van der Waals surface area contributed by atoms with Crippen LogP contribution in [0.25, 0.3) is 0 Å². The lowest BCUT2D eigenvalue weighted by atomic mass is 10.2. The van der Waals surface area contributed by atoms with Crippen molar-refractivity contribution in [3.63, 3.8) is 0 Å². The molecule has 0 radical (unpaired) electrons. The van der Waals surface area contributed by atoms with Crippen molar-refractivity contribution < 1.29 is 0 Å². The van der Waals surface area contributed by atoms with Gasteiger partial charge in [0.1, 0.15) is 0 Å². The monoisotopic (exact) mass is 223 g/mol. The van der Waals surface area contributed by atoms with Gasteiger partial charge in [-0.05, 0) is 35.9 Å². The molecule has 0 unspecified atom stereocenters. The maximum atomic E-state index is 3.46. The minimum atomic E-state index is 0.721. The Kier molecular flexibility index (Phi) is 5.81. The average molecular weight is 223 g/mol. The lowest BCUT2D eigenvalue weighted by Crippen LogP contribution is -2.18. The molecule has 0 saturated carbocycles. The van der Waals surface area contributed by atoms with E-state index >= 15 is 0 Å². The van der Waals surface area contributed by atoms with Crippen LogP contribution in [0.3, 0.4) is 0 Å². The molecule has 2 heteroatoms. The Balaban J connectivity index is 2.43. The van der Waals surface area contributed by atoms with Crippen molar-refractivity contribution in [1.82, 2.24) is 5.32 Å². The van der Waals surface area contributed by atoms with Crippen LogP contribution in [-0.2, 0) is 6.54 Å². The van der Waals surface area contributed by atoms with Crippen LogP contribution in [0.4, 0.5) is 0 Å². The van der Waals surface area contributed by atoms with Gasteiger partial charge < -0.3 is 5.32 Å². The summed E-state index contributed by atoms with van der Waals surface area (Å²) in [5.74, 6) is 1.86. The van der Waals surface area contributed by atoms with Gasteiger partial charge in [-0.1, -0.05) is 32.9 Å². The van der Waals surface area contributed by atoms with E-state index in [1.807, 2.05) is 11.8 Å². The molecule has 0 heterocycles. The Hall–Kier alpha value is -0.470. The number of thioether (sulfide) groups is 1. The zero-order valence-electron chi connectivity index (χ0n) is 9.92. The molecule has 0 atom stereocenters. The molecule has 1 rings (SSSR count). The second kappa shape index (κ2) is 6.91. The lowest BCUT2D eigenvalue weighted by Gasteiger charge is -2.08. The Labute approximate surface area is 97.7 Å². The standard InChI is InChI=1S/C13H21NS/c1-4-15-13-7-5-6-12(8-13)10-14-9-11(2)3/h5-8,11,14H,4,9-10H2,1-3H3. The van der Waals surface area contributed by atoms with Crippen molar-refractivity contribution in [1.29, 1.82) is 0 Å². The lowest BCUT2D eigenvalue weighted by molar-refractivity contribution is 0.552. The first-order valence-electron chi connectivity index (χ1n) is 5.64. The second-order valence-corrected chi connectivity index (χ2v) is 5.44. The summed E-state index contributed by atoms with van der Waals surface area (Å²) < 4.78 is 0. The first-order valence-corrected chi connectivity index (χ1v) is 6.63. The fraction of sp³-hybridized carbons (Fsp3) is 0.538. The highest BCUT2D eigenvalue weighted by atomic mass is 32.2. The van der Waals surface area contributed by atoms with Crippen LogP contribution in [0.1, 0.15) is 26.3 Å². The second-order valence-electron chi connectivity index (χ2n) is 4.11. The van der Waals surface area contributed by atoms with Gasteiger partial charge in [0, 0.05) is 11.4 Å². The summed E-state index contributed by atoms with van der Waals surface area (Å²) >= 11 is 1.90. The minimum Gasteiger partial charge on any atom is -0.312 e. The third-order valence-corrected chi connectivity index (χ3v) is 2.97. The molecule has 0 amide bonds. The predicted molar refractivity (Wildman–Crippen MR) is 69.4 cm³/mol. The van der Waals surface area contributed by atoms with Crippen LogP contribution < -0.4 is 5.32 Å². The molecular formula is C13H21NS. The van der Waals surface area contributed by atoms with Crippen molar-refractivity contribution in [2.45, 2.75) is 32.2 Å². The molecule has 0 fully saturated rings. The van der Waals surface area contributed by atoms with E-state index in [0.29, 0.717) is 0 Å². The molecule has 0 aliphatic rings. The van der Waals surface area contributed by atoms with E-state index in [1.54, 1.807) is 0 Å². The maximum Gasteiger partial charge on any atom is 0.0206 e. The molecule has 15 heavy (non-hydrogen) atoms. The normalized spacial score (nSPS) is 10.9. The summed E-state index contributed by atoms with van der Waals surface area (Å²) in [7, 11) is 0. The molecule has 0 aliphatic carbocycles. The third-order valence-electron chi connectivity index (χ3n) is 2.09. The summed E-state index contributed by atoms with van der Waals surface area (Å²) in [4.78, 5) is 1.38. The van der Waals surface area contributed by atoms with E-state index in [-0.39, 0.29) is 0 Å². The highest BCUT2D eigenvalue weighted by Crippen LogP contribution is 2.18. The van der Waals surface area contributed by atoms with Gasteiger partial charge in [-0.3, -0.25) is 0 Å². The van der Waals surface area contributed by atoms with Crippen molar-refractivity contribution in [2.24, 2.45) is 5.92 Å². The van der Waals surface area contributed by atoms with Crippen LogP contribution >= 0.6 is 11.8 Å². The molecule has 1 N–H and O–H groups in total. The molecule has 0 aromatic heterocycles. The number of rotatable bonds is 6. The van der Waals surface area contributed by atoms with Crippen molar-refractivity contribution in [2.75, 3.05) is 12.3 Å². The highest BCUT2D eigenvalue weighted by molar-refractivity contribution is 7.99. The Morgan fingerprint density at radius 2 is 2.13 bits per heavy atom. The third kappa shape index (κ3) is 5.24. The summed E-state index contributed by atoms with van der Waals surface area (Å²) in [6, 6.07) is 8.79. The van der Waals surface area contributed by atoms with Crippen LogP contribution in [0.15, 0.2) is 29.2 Å². The first-order chi connectivity index (χ1) is 7.22. The van der Waals surface area contributed by atoms with E-state index in [1.165, 1.54) is 10.5 Å². The van der Waals surface area contributed by atoms with Gasteiger partial charge >= 0.3 is 0 Å². The Bertz CT molecular complexity index is 284. The summed E-state index contributed by atoms with van der Waals surface area (Å²) in [5.41, 5.74) is 1.38. The molecule has 0 bridgehead atoms. The molecular weight excluding hydrogens is 202 g/mol. The summed E-state index contributed by atoms with van der Waals surface area (Å²) in [6.45, 7) is 8.72. The van der Waals surface area contributed by atoms with Crippen molar-refractivity contribution in [3.8, 4) is 0 Å². The number of hydrogen-bond acceptors (Lipinski definition) is 2. The average Bonchev–Trinajstić information content (AvgIpc) is 2.18. The fourth-order valence-corrected chi connectivity index (χ4v) is 2.16. The van der Waals surface area contributed by atoms with Crippen LogP contribution in [-0.4, -0.2) is 12.3 Å². The first kappa shape index (κ1) is 12.6. The summed E-state index contributed by atoms with van der Waals surface area (Å²) in [6.07, 6.45) is 0. The number of benzene rings is 1. The van der Waals surface area contributed by atoms with Gasteiger partial charge in [-0.25, -0.2) is 0 Å². The molecule has 1 aromatic rings. The molecule has 0 saturated heterocycles. The van der Waals surface area contributed by atoms with Gasteiger partial charge in [0.2, 0.25) is 0 Å². The maximum absolute atomic E-state index is 3.46. The molecule has 0 spiro atoms. The zero-order valence-corrected chi connectivity index (χ0v) is 10.7. The predicted octanol–water partition coefficient (Wildman–Crippen LogP) is 3.54. The van der Waals surface area contributed by atoms with E-state index in [4.69, 9.17) is 0 Å². The van der Waals surface area contributed by atoms with E-state index in [0.717, 1.165) is 24.8 Å². The molecule has 0 aliphatic heterocycles. The molecule has 1 aromatic carbocycles. The Morgan fingerprint density at radius 3 is 2.80 bits per heavy atom. The number of hydrogen-bond donors (Lipinski definition) is 1. The van der Waals surface area contributed by atoms with Crippen LogP contribution in [0, 0.1) is 5.92 Å². The zero-order chi connectivity index (χ0) is 11.1. The van der Waals surface area contributed by atoms with Gasteiger partial charge in [-0.2, -0.15) is 0 Å². The Morgan fingerprint density at radius 1 is 1.33 bits per heavy atom. The quantitative estimate of drug-likeness (QED) is 0.740. The van der Waals surface area contributed by atoms with E-state index < -0.39 is 0 Å². The van der Waals surface area contributed by atoms with Gasteiger partial charge in [0.15, 0.2) is 0 Å². The van der Waals surface area contributed by atoms with Gasteiger partial charge in [0.25, 0.3) is 0 Å². The smallest absolute Gasteiger partial charge is 0.0206 e.